The van der Waals surface area contributed by atoms with Crippen LogP contribution in [0.25, 0.3) is 0 Å². The lowest BCUT2D eigenvalue weighted by molar-refractivity contribution is 0.280. The van der Waals surface area contributed by atoms with Crippen LogP contribution in [-0.4, -0.2) is 23.8 Å². The van der Waals surface area contributed by atoms with E-state index in [1.165, 1.54) is 12.8 Å². The van der Waals surface area contributed by atoms with Crippen LogP contribution in [0, 0.1) is 5.92 Å². The number of aromatic nitrogens is 1. The van der Waals surface area contributed by atoms with Crippen molar-refractivity contribution < 1.29 is 14.6 Å². The minimum atomic E-state index is 0.244. The van der Waals surface area contributed by atoms with Gasteiger partial charge in [-0.1, -0.05) is 6.07 Å². The summed E-state index contributed by atoms with van der Waals surface area (Å²) in [5, 5.41) is 9.67. The van der Waals surface area contributed by atoms with Gasteiger partial charge in [0.15, 0.2) is 11.5 Å². The number of pyridine rings is 1. The Morgan fingerprint density at radius 3 is 2.50 bits per heavy atom. The molecule has 0 saturated heterocycles. The predicted molar refractivity (Wildman–Crippen MR) is 109 cm³/mol. The van der Waals surface area contributed by atoms with E-state index in [2.05, 4.69) is 16.0 Å². The molecule has 2 aromatic carbocycles. The number of phenols is 1. The molecule has 0 amide bonds. The molecule has 3 aromatic rings. The number of methoxy groups -OCH3 is 1. The van der Waals surface area contributed by atoms with Gasteiger partial charge in [0.2, 0.25) is 0 Å². The van der Waals surface area contributed by atoms with Crippen molar-refractivity contribution in [2.45, 2.75) is 19.4 Å². The molecular formula is C23H24N2O3. The lowest BCUT2D eigenvalue weighted by atomic mass is 10.1. The summed E-state index contributed by atoms with van der Waals surface area (Å²) < 4.78 is 11.5. The first kappa shape index (κ1) is 18.2. The molecule has 1 N–H and O–H groups in total. The highest BCUT2D eigenvalue weighted by atomic mass is 16.5. The van der Waals surface area contributed by atoms with Gasteiger partial charge in [0, 0.05) is 36.4 Å². The topological polar surface area (TPSA) is 54.8 Å². The fraction of sp³-hybridized carbons (Fsp3) is 0.261. The molecule has 0 aliphatic heterocycles. The number of hydrogen-bond acceptors (Lipinski definition) is 5. The van der Waals surface area contributed by atoms with Crippen LogP contribution in [0.3, 0.4) is 0 Å². The first-order chi connectivity index (χ1) is 13.7. The molecule has 5 heteroatoms. The average molecular weight is 376 g/mol. The van der Waals surface area contributed by atoms with Gasteiger partial charge in [0.05, 0.1) is 13.7 Å². The fourth-order valence-corrected chi connectivity index (χ4v) is 3.08. The first-order valence-corrected chi connectivity index (χ1v) is 9.49. The minimum Gasteiger partial charge on any atom is -0.508 e. The maximum atomic E-state index is 9.67. The summed E-state index contributed by atoms with van der Waals surface area (Å²) in [6.45, 7) is 1.37. The van der Waals surface area contributed by atoms with Gasteiger partial charge in [0.1, 0.15) is 5.75 Å². The number of hydrogen-bond donors (Lipinski definition) is 1. The summed E-state index contributed by atoms with van der Waals surface area (Å²) in [5.74, 6) is 2.39. The zero-order valence-corrected chi connectivity index (χ0v) is 15.9. The molecule has 1 fully saturated rings. The highest BCUT2D eigenvalue weighted by Crippen LogP contribution is 2.37. The van der Waals surface area contributed by atoms with E-state index in [1.54, 1.807) is 25.4 Å². The van der Waals surface area contributed by atoms with E-state index in [0.717, 1.165) is 35.0 Å². The lowest BCUT2D eigenvalue weighted by Gasteiger charge is -2.26. The Morgan fingerprint density at radius 2 is 1.82 bits per heavy atom. The second-order valence-electron chi connectivity index (χ2n) is 7.05. The van der Waals surface area contributed by atoms with E-state index in [0.29, 0.717) is 12.5 Å². The first-order valence-electron chi connectivity index (χ1n) is 9.49. The zero-order valence-electron chi connectivity index (χ0n) is 15.9. The van der Waals surface area contributed by atoms with E-state index in [1.807, 2.05) is 42.6 Å². The number of phenolic OH excluding ortho intramolecular Hbond substituents is 1. The molecule has 5 nitrogen and oxygen atoms in total. The van der Waals surface area contributed by atoms with Crippen LogP contribution in [0.5, 0.6) is 17.2 Å². The van der Waals surface area contributed by atoms with Crippen LogP contribution in [0.15, 0.2) is 67.0 Å². The maximum Gasteiger partial charge on any atom is 0.163 e. The van der Waals surface area contributed by atoms with Crippen LogP contribution < -0.4 is 14.4 Å². The molecule has 28 heavy (non-hydrogen) atoms. The SMILES string of the molecule is COc1ccc(N(Cc2cccnc2)c2ccc(O)cc2)cc1OCC1CC1. The maximum absolute atomic E-state index is 9.67. The van der Waals surface area contributed by atoms with Crippen LogP contribution in [-0.2, 0) is 6.54 Å². The molecule has 0 spiro atoms. The van der Waals surface area contributed by atoms with Crippen molar-refractivity contribution in [3.63, 3.8) is 0 Å². The second kappa shape index (κ2) is 8.21. The van der Waals surface area contributed by atoms with Gasteiger partial charge in [-0.15, -0.1) is 0 Å². The quantitative estimate of drug-likeness (QED) is 0.604. The molecule has 1 aliphatic rings. The normalized spacial score (nSPS) is 13.2. The fourth-order valence-electron chi connectivity index (χ4n) is 3.08. The Kier molecular flexibility index (Phi) is 5.33. The molecule has 1 aromatic heterocycles. The van der Waals surface area contributed by atoms with Gasteiger partial charge < -0.3 is 19.5 Å². The van der Waals surface area contributed by atoms with Crippen molar-refractivity contribution in [3.8, 4) is 17.2 Å². The molecule has 1 aliphatic carbocycles. The van der Waals surface area contributed by atoms with Crippen molar-refractivity contribution in [3.05, 3.63) is 72.6 Å². The molecule has 0 radical (unpaired) electrons. The van der Waals surface area contributed by atoms with E-state index < -0.39 is 0 Å². The third-order valence-electron chi connectivity index (χ3n) is 4.86. The van der Waals surface area contributed by atoms with Crippen molar-refractivity contribution in [2.75, 3.05) is 18.6 Å². The average Bonchev–Trinajstić information content (AvgIpc) is 3.56. The zero-order chi connectivity index (χ0) is 19.3. The molecule has 1 saturated carbocycles. The van der Waals surface area contributed by atoms with E-state index >= 15 is 0 Å². The summed E-state index contributed by atoms with van der Waals surface area (Å²) in [7, 11) is 1.66. The standard InChI is InChI=1S/C23H24N2O3/c1-27-22-11-8-20(13-23(22)28-16-17-4-5-17)25(15-18-3-2-12-24-14-18)19-6-9-21(26)10-7-19/h2-3,6-14,17,26H,4-5,15-16H2,1H3. The van der Waals surface area contributed by atoms with Gasteiger partial charge in [-0.05, 0) is 66.8 Å². The third-order valence-corrected chi connectivity index (χ3v) is 4.86. The van der Waals surface area contributed by atoms with Crippen molar-refractivity contribution >= 4 is 11.4 Å². The van der Waals surface area contributed by atoms with Gasteiger partial charge in [0.25, 0.3) is 0 Å². The van der Waals surface area contributed by atoms with Gasteiger partial charge in [-0.2, -0.15) is 0 Å². The van der Waals surface area contributed by atoms with Gasteiger partial charge in [-0.25, -0.2) is 0 Å². The molecule has 1 heterocycles. The van der Waals surface area contributed by atoms with Gasteiger partial charge >= 0.3 is 0 Å². The molecule has 4 rings (SSSR count). The summed E-state index contributed by atoms with van der Waals surface area (Å²) >= 11 is 0. The summed E-state index contributed by atoms with van der Waals surface area (Å²) in [5.41, 5.74) is 3.05. The van der Waals surface area contributed by atoms with E-state index in [4.69, 9.17) is 9.47 Å². The Labute approximate surface area is 165 Å². The molecule has 0 atom stereocenters. The van der Waals surface area contributed by atoms with Crippen LogP contribution >= 0.6 is 0 Å². The highest BCUT2D eigenvalue weighted by Gasteiger charge is 2.23. The van der Waals surface area contributed by atoms with E-state index in [-0.39, 0.29) is 5.75 Å². The highest BCUT2D eigenvalue weighted by molar-refractivity contribution is 5.67. The van der Waals surface area contributed by atoms with Gasteiger partial charge in [-0.3, -0.25) is 4.98 Å². The Bertz CT molecular complexity index is 909. The summed E-state index contributed by atoms with van der Waals surface area (Å²) in [4.78, 5) is 6.40. The summed E-state index contributed by atoms with van der Waals surface area (Å²) in [6, 6.07) is 17.2. The number of benzene rings is 2. The lowest BCUT2D eigenvalue weighted by Crippen LogP contribution is -2.16. The Balaban J connectivity index is 1.68. The number of anilines is 2. The number of rotatable bonds is 8. The van der Waals surface area contributed by atoms with Crippen molar-refractivity contribution in [1.29, 1.82) is 0 Å². The monoisotopic (exact) mass is 376 g/mol. The second-order valence-corrected chi connectivity index (χ2v) is 7.05. The molecule has 144 valence electrons. The Hall–Kier alpha value is -3.21. The Morgan fingerprint density at radius 1 is 1.04 bits per heavy atom. The smallest absolute Gasteiger partial charge is 0.163 e. The predicted octanol–water partition coefficient (Wildman–Crippen LogP) is 4.92. The van der Waals surface area contributed by atoms with Crippen LogP contribution in [0.2, 0.25) is 0 Å². The number of ether oxygens (including phenoxy) is 2. The van der Waals surface area contributed by atoms with Crippen LogP contribution in [0.4, 0.5) is 11.4 Å². The molecule has 0 unspecified atom stereocenters. The molecular weight excluding hydrogens is 352 g/mol. The minimum absolute atomic E-state index is 0.244. The summed E-state index contributed by atoms with van der Waals surface area (Å²) in [6.07, 6.45) is 6.11. The van der Waals surface area contributed by atoms with Crippen molar-refractivity contribution in [1.82, 2.24) is 4.98 Å². The molecule has 0 bridgehead atoms. The van der Waals surface area contributed by atoms with Crippen LogP contribution in [0.1, 0.15) is 18.4 Å². The number of aromatic hydroxyl groups is 1. The largest absolute Gasteiger partial charge is 0.508 e. The number of nitrogens with zero attached hydrogens (tertiary/aromatic N) is 2. The van der Waals surface area contributed by atoms with Crippen molar-refractivity contribution in [2.24, 2.45) is 5.92 Å². The van der Waals surface area contributed by atoms with E-state index in [9.17, 15) is 5.11 Å². The third kappa shape index (κ3) is 4.36.